The Morgan fingerprint density at radius 1 is 0.769 bits per heavy atom. The fourth-order valence-corrected chi connectivity index (χ4v) is 4.35. The van der Waals surface area contributed by atoms with E-state index in [-0.39, 0.29) is 32.6 Å². The number of unbranched alkanes of at least 4 members (excludes halogenated alkanes) is 10. The molecule has 2 atom stereocenters. The van der Waals surface area contributed by atoms with Crippen LogP contribution in [0.3, 0.4) is 0 Å². The van der Waals surface area contributed by atoms with Crippen molar-refractivity contribution in [1.82, 2.24) is 0 Å². The van der Waals surface area contributed by atoms with Crippen molar-refractivity contribution in [3.05, 3.63) is 24.3 Å². The monoisotopic (exact) mass is 575 g/mol. The quantitative estimate of drug-likeness (QED) is 0.0463. The molecule has 9 nitrogen and oxygen atoms in total. The Balaban J connectivity index is 4.14. The molecule has 0 aliphatic rings. The zero-order chi connectivity index (χ0) is 29.0. The maximum Gasteiger partial charge on any atom is 0.472 e. The molecule has 0 bridgehead atoms. The van der Waals surface area contributed by atoms with Gasteiger partial charge in [-0.1, -0.05) is 83.1 Å². The Labute approximate surface area is 236 Å². The van der Waals surface area contributed by atoms with E-state index in [0.717, 1.165) is 44.9 Å². The van der Waals surface area contributed by atoms with E-state index in [1.54, 1.807) is 0 Å². The van der Waals surface area contributed by atoms with E-state index >= 15 is 0 Å². The smallest absolute Gasteiger partial charge is 0.462 e. The van der Waals surface area contributed by atoms with Gasteiger partial charge in [0, 0.05) is 19.4 Å². The van der Waals surface area contributed by atoms with Crippen LogP contribution in [0, 0.1) is 0 Å². The summed E-state index contributed by atoms with van der Waals surface area (Å²) in [5, 5.41) is 0. The highest BCUT2D eigenvalue weighted by molar-refractivity contribution is 7.47. The molecule has 228 valence electrons. The molecule has 0 saturated carbocycles. The molecule has 0 aliphatic heterocycles. The van der Waals surface area contributed by atoms with Gasteiger partial charge >= 0.3 is 19.8 Å². The molecule has 0 fully saturated rings. The predicted octanol–water partition coefficient (Wildman–Crippen LogP) is 6.93. The van der Waals surface area contributed by atoms with Crippen LogP contribution < -0.4 is 5.73 Å². The number of phosphoric acid groups is 1. The molecular formula is C29H54NO8P. The zero-order valence-corrected chi connectivity index (χ0v) is 25.3. The van der Waals surface area contributed by atoms with Gasteiger partial charge in [-0.2, -0.15) is 0 Å². The summed E-state index contributed by atoms with van der Waals surface area (Å²) >= 11 is 0. The van der Waals surface area contributed by atoms with Gasteiger partial charge in [0.25, 0.3) is 0 Å². The van der Waals surface area contributed by atoms with Crippen LogP contribution in [0.25, 0.3) is 0 Å². The Morgan fingerprint density at radius 2 is 1.36 bits per heavy atom. The third-order valence-corrected chi connectivity index (χ3v) is 6.82. The number of carbonyl (C=O) groups is 2. The van der Waals surface area contributed by atoms with Gasteiger partial charge < -0.3 is 20.1 Å². The van der Waals surface area contributed by atoms with E-state index in [0.29, 0.717) is 12.8 Å². The highest BCUT2D eigenvalue weighted by Crippen LogP contribution is 2.43. The molecular weight excluding hydrogens is 521 g/mol. The predicted molar refractivity (Wildman–Crippen MR) is 155 cm³/mol. The molecule has 0 aromatic heterocycles. The van der Waals surface area contributed by atoms with Gasteiger partial charge in [-0.25, -0.2) is 4.57 Å². The lowest BCUT2D eigenvalue weighted by molar-refractivity contribution is -0.161. The van der Waals surface area contributed by atoms with Crippen molar-refractivity contribution in [1.29, 1.82) is 0 Å². The number of phosphoric ester groups is 1. The lowest BCUT2D eigenvalue weighted by Crippen LogP contribution is -2.29. The summed E-state index contributed by atoms with van der Waals surface area (Å²) in [4.78, 5) is 33.8. The first kappa shape index (κ1) is 37.5. The Kier molecular flexibility index (Phi) is 25.7. The highest BCUT2D eigenvalue weighted by atomic mass is 31.2. The minimum atomic E-state index is -4.35. The van der Waals surface area contributed by atoms with E-state index in [9.17, 15) is 19.0 Å². The van der Waals surface area contributed by atoms with Crippen LogP contribution in [0.1, 0.15) is 117 Å². The second-order valence-corrected chi connectivity index (χ2v) is 11.1. The number of ether oxygens (including phenoxy) is 2. The second-order valence-electron chi connectivity index (χ2n) is 9.62. The van der Waals surface area contributed by atoms with Gasteiger partial charge in [-0.05, 0) is 44.9 Å². The number of hydrogen-bond acceptors (Lipinski definition) is 8. The third-order valence-electron chi connectivity index (χ3n) is 5.84. The van der Waals surface area contributed by atoms with Crippen LogP contribution in [0.2, 0.25) is 0 Å². The van der Waals surface area contributed by atoms with Gasteiger partial charge in [-0.3, -0.25) is 18.6 Å². The van der Waals surface area contributed by atoms with Crippen LogP contribution in [-0.2, 0) is 32.7 Å². The molecule has 0 saturated heterocycles. The number of allylic oxidation sites excluding steroid dienone is 4. The van der Waals surface area contributed by atoms with E-state index in [2.05, 4.69) is 35.8 Å². The fraction of sp³-hybridized carbons (Fsp3) is 0.793. The fourth-order valence-electron chi connectivity index (χ4n) is 3.58. The maximum absolute atomic E-state index is 12.3. The van der Waals surface area contributed by atoms with E-state index < -0.39 is 32.5 Å². The van der Waals surface area contributed by atoms with Gasteiger partial charge in [0.1, 0.15) is 6.61 Å². The number of esters is 2. The molecule has 3 N–H and O–H groups in total. The van der Waals surface area contributed by atoms with Gasteiger partial charge in [0.05, 0.1) is 13.2 Å². The first-order chi connectivity index (χ1) is 18.8. The van der Waals surface area contributed by atoms with Crippen molar-refractivity contribution in [2.45, 2.75) is 123 Å². The standard InChI is InChI=1S/C29H54NO8P/c1-3-5-7-8-9-10-11-12-13-14-15-16-17-18-19-20-22-29(32)38-27(25-35-28(31)21-6-4-2)26-37-39(33,34)36-24-23-30/h10-11,13-14,27H,3-9,12,15-26,30H2,1-2H3,(H,33,34)/b11-10-,14-13-. The topological polar surface area (TPSA) is 134 Å². The van der Waals surface area contributed by atoms with Crippen molar-refractivity contribution in [3.8, 4) is 0 Å². The largest absolute Gasteiger partial charge is 0.472 e. The van der Waals surface area contributed by atoms with Crippen LogP contribution in [0.5, 0.6) is 0 Å². The highest BCUT2D eigenvalue weighted by Gasteiger charge is 2.25. The van der Waals surface area contributed by atoms with Crippen LogP contribution in [0.4, 0.5) is 0 Å². The normalized spacial score (nSPS) is 14.1. The number of hydrogen-bond donors (Lipinski definition) is 2. The van der Waals surface area contributed by atoms with E-state index in [4.69, 9.17) is 19.7 Å². The lowest BCUT2D eigenvalue weighted by Gasteiger charge is -2.19. The summed E-state index contributed by atoms with van der Waals surface area (Å²) in [5.41, 5.74) is 5.27. The van der Waals surface area contributed by atoms with Crippen molar-refractivity contribution < 1.29 is 37.6 Å². The average Bonchev–Trinajstić information content (AvgIpc) is 2.92. The van der Waals surface area contributed by atoms with E-state index in [1.807, 2.05) is 6.92 Å². The van der Waals surface area contributed by atoms with Gasteiger partial charge in [0.2, 0.25) is 0 Å². The average molecular weight is 576 g/mol. The van der Waals surface area contributed by atoms with Crippen LogP contribution >= 0.6 is 7.82 Å². The summed E-state index contributed by atoms with van der Waals surface area (Å²) in [6, 6.07) is 0. The zero-order valence-electron chi connectivity index (χ0n) is 24.4. The molecule has 0 heterocycles. The molecule has 39 heavy (non-hydrogen) atoms. The van der Waals surface area contributed by atoms with Crippen molar-refractivity contribution in [3.63, 3.8) is 0 Å². The molecule has 0 rings (SSSR count). The lowest BCUT2D eigenvalue weighted by atomic mass is 10.1. The SMILES string of the molecule is CCCCCC/C=C\C/C=C\CCCCCCCC(=O)OC(COC(=O)CCCC)COP(=O)(O)OCCN. The minimum Gasteiger partial charge on any atom is -0.462 e. The summed E-state index contributed by atoms with van der Waals surface area (Å²) in [7, 11) is -4.35. The summed E-state index contributed by atoms with van der Waals surface area (Å²) in [5.74, 6) is -0.890. The van der Waals surface area contributed by atoms with Gasteiger partial charge in [-0.15, -0.1) is 0 Å². The Hall–Kier alpha value is -1.51. The number of carbonyl (C=O) groups excluding carboxylic acids is 2. The van der Waals surface area contributed by atoms with Crippen LogP contribution in [-0.4, -0.2) is 49.3 Å². The van der Waals surface area contributed by atoms with Gasteiger partial charge in [0.15, 0.2) is 6.10 Å². The van der Waals surface area contributed by atoms with Crippen LogP contribution in [0.15, 0.2) is 24.3 Å². The van der Waals surface area contributed by atoms with Crippen molar-refractivity contribution in [2.24, 2.45) is 5.73 Å². The molecule has 0 aliphatic carbocycles. The Bertz CT molecular complexity index is 713. The van der Waals surface area contributed by atoms with Crippen molar-refractivity contribution in [2.75, 3.05) is 26.4 Å². The number of rotatable bonds is 27. The third kappa shape index (κ3) is 26.5. The Morgan fingerprint density at radius 3 is 2.00 bits per heavy atom. The minimum absolute atomic E-state index is 0.0506. The summed E-state index contributed by atoms with van der Waals surface area (Å²) < 4.78 is 32.0. The molecule has 0 amide bonds. The number of nitrogens with two attached hydrogens (primary N) is 1. The second kappa shape index (κ2) is 26.7. The molecule has 0 radical (unpaired) electrons. The summed E-state index contributed by atoms with van der Waals surface area (Å²) in [6.07, 6.45) is 23.3. The molecule has 10 heteroatoms. The maximum atomic E-state index is 12.3. The first-order valence-electron chi connectivity index (χ1n) is 14.8. The molecule has 0 aromatic carbocycles. The molecule has 0 aromatic rings. The molecule has 0 spiro atoms. The van der Waals surface area contributed by atoms with E-state index in [1.165, 1.54) is 32.1 Å². The molecule has 2 unspecified atom stereocenters. The van der Waals surface area contributed by atoms with Crippen molar-refractivity contribution >= 4 is 19.8 Å². The summed E-state index contributed by atoms with van der Waals surface area (Å²) in [6.45, 7) is 3.39. The first-order valence-corrected chi connectivity index (χ1v) is 16.3.